The third-order valence-electron chi connectivity index (χ3n) is 7.54. The van der Waals surface area contributed by atoms with E-state index in [-0.39, 0.29) is 11.8 Å². The van der Waals surface area contributed by atoms with E-state index in [9.17, 15) is 4.79 Å². The van der Waals surface area contributed by atoms with Crippen LogP contribution in [0.25, 0.3) is 10.9 Å². The molecule has 0 unspecified atom stereocenters. The normalized spacial score (nSPS) is 14.5. The summed E-state index contributed by atoms with van der Waals surface area (Å²) in [7, 11) is 3.29. The van der Waals surface area contributed by atoms with Gasteiger partial charge in [-0.15, -0.1) is 0 Å². The zero-order valence-corrected chi connectivity index (χ0v) is 22.4. The molecule has 6 heteroatoms. The fourth-order valence-electron chi connectivity index (χ4n) is 5.56. The monoisotopic (exact) mass is 511 g/mol. The van der Waals surface area contributed by atoms with Crippen LogP contribution in [0.4, 0.5) is 0 Å². The molecule has 1 aliphatic rings. The molecule has 0 radical (unpaired) electrons. The van der Waals surface area contributed by atoms with Crippen LogP contribution in [0.2, 0.25) is 0 Å². The maximum absolute atomic E-state index is 13.3. The van der Waals surface area contributed by atoms with Crippen LogP contribution >= 0.6 is 0 Å². The minimum absolute atomic E-state index is 0.0591. The molecular weight excluding hydrogens is 474 g/mol. The van der Waals surface area contributed by atoms with E-state index in [1.165, 1.54) is 18.4 Å². The lowest BCUT2D eigenvalue weighted by Crippen LogP contribution is -2.34. The number of rotatable bonds is 11. The number of carbonyl (C=O) groups is 1. The molecule has 198 valence electrons. The number of hydrogen-bond acceptors (Lipinski definition) is 4. The fraction of sp³-hybridized carbons (Fsp3) is 0.344. The number of fused-ring (bicyclic) bond motifs is 1. The Kier molecular flexibility index (Phi) is 8.29. The predicted molar refractivity (Wildman–Crippen MR) is 152 cm³/mol. The van der Waals surface area contributed by atoms with Gasteiger partial charge in [0.1, 0.15) is 0 Å². The van der Waals surface area contributed by atoms with E-state index in [1.807, 2.05) is 24.3 Å². The lowest BCUT2D eigenvalue weighted by molar-refractivity contribution is -0.121. The minimum atomic E-state index is -0.136. The van der Waals surface area contributed by atoms with Gasteiger partial charge >= 0.3 is 0 Å². The summed E-state index contributed by atoms with van der Waals surface area (Å²) in [5.41, 5.74) is 4.56. The van der Waals surface area contributed by atoms with E-state index in [1.54, 1.807) is 14.2 Å². The standard InChI is InChI=1S/C32H37N3O3/c1-37-30-15-14-25(20-31(30)38-2)27(21-32(36)33-16-19-34-17-8-9-18-34)28-23-35(22-24-10-4-3-5-11-24)29-13-7-6-12-26(28)29/h3-7,10-15,20,23,27H,8-9,16-19,21-22H2,1-2H3,(H,33,36)/t27-/m0/s1. The molecule has 3 aromatic carbocycles. The summed E-state index contributed by atoms with van der Waals surface area (Å²) < 4.78 is 13.4. The van der Waals surface area contributed by atoms with Gasteiger partial charge in [-0.1, -0.05) is 54.6 Å². The predicted octanol–water partition coefficient (Wildman–Crippen LogP) is 5.44. The molecule has 1 atom stereocenters. The van der Waals surface area contributed by atoms with Gasteiger partial charge in [-0.25, -0.2) is 0 Å². The topological polar surface area (TPSA) is 55.7 Å². The highest BCUT2D eigenvalue weighted by molar-refractivity contribution is 5.87. The summed E-state index contributed by atoms with van der Waals surface area (Å²) in [6.07, 6.45) is 5.08. The van der Waals surface area contributed by atoms with Crippen LogP contribution in [0.3, 0.4) is 0 Å². The average Bonchev–Trinajstić information content (AvgIpc) is 3.60. The smallest absolute Gasteiger partial charge is 0.220 e. The molecular formula is C32H37N3O3. The largest absolute Gasteiger partial charge is 0.493 e. The number of hydrogen-bond donors (Lipinski definition) is 1. The molecule has 5 rings (SSSR count). The van der Waals surface area contributed by atoms with Crippen molar-refractivity contribution in [2.75, 3.05) is 40.4 Å². The first-order chi connectivity index (χ1) is 18.7. The van der Waals surface area contributed by atoms with Crippen molar-refractivity contribution < 1.29 is 14.3 Å². The van der Waals surface area contributed by atoms with Crippen molar-refractivity contribution in [1.29, 1.82) is 0 Å². The van der Waals surface area contributed by atoms with Crippen molar-refractivity contribution in [3.63, 3.8) is 0 Å². The van der Waals surface area contributed by atoms with Gasteiger partial charge in [0.15, 0.2) is 11.5 Å². The van der Waals surface area contributed by atoms with Gasteiger partial charge in [0.05, 0.1) is 14.2 Å². The van der Waals surface area contributed by atoms with Crippen molar-refractivity contribution in [3.05, 3.63) is 95.7 Å². The van der Waals surface area contributed by atoms with Gasteiger partial charge in [-0.2, -0.15) is 0 Å². The number of amides is 1. The number of nitrogens with zero attached hydrogens (tertiary/aromatic N) is 2. The van der Waals surface area contributed by atoms with Gasteiger partial charge in [0.2, 0.25) is 5.91 Å². The van der Waals surface area contributed by atoms with Crippen LogP contribution in [0.15, 0.2) is 79.0 Å². The van der Waals surface area contributed by atoms with Crippen molar-refractivity contribution in [2.45, 2.75) is 31.7 Å². The first-order valence-corrected chi connectivity index (χ1v) is 13.5. The minimum Gasteiger partial charge on any atom is -0.493 e. The molecule has 4 aromatic rings. The molecule has 2 heterocycles. The number of carbonyl (C=O) groups excluding carboxylic acids is 1. The molecule has 0 saturated carbocycles. The number of para-hydroxylation sites is 1. The van der Waals surface area contributed by atoms with Crippen molar-refractivity contribution in [2.24, 2.45) is 0 Å². The van der Waals surface area contributed by atoms with Crippen LogP contribution in [0, 0.1) is 0 Å². The Balaban J connectivity index is 1.48. The highest BCUT2D eigenvalue weighted by atomic mass is 16.5. The van der Waals surface area contributed by atoms with E-state index >= 15 is 0 Å². The second-order valence-corrected chi connectivity index (χ2v) is 9.98. The van der Waals surface area contributed by atoms with Crippen molar-refractivity contribution in [3.8, 4) is 11.5 Å². The summed E-state index contributed by atoms with van der Waals surface area (Å²) in [5.74, 6) is 1.27. The number of nitrogens with one attached hydrogen (secondary N) is 1. The molecule has 0 bridgehead atoms. The van der Waals surface area contributed by atoms with Gasteiger partial charge in [-0.05, 0) is 60.8 Å². The Morgan fingerprint density at radius 1 is 0.921 bits per heavy atom. The van der Waals surface area contributed by atoms with Gasteiger partial charge < -0.3 is 24.3 Å². The third kappa shape index (κ3) is 5.86. The SMILES string of the molecule is COc1ccc([C@H](CC(=O)NCCN2CCCC2)c2cn(Cc3ccccc3)c3ccccc23)cc1OC. The maximum atomic E-state index is 13.3. The second kappa shape index (κ2) is 12.2. The van der Waals surface area contributed by atoms with Crippen LogP contribution in [-0.2, 0) is 11.3 Å². The van der Waals surface area contributed by atoms with Gasteiger partial charge in [0.25, 0.3) is 0 Å². The molecule has 0 aliphatic carbocycles. The van der Waals surface area contributed by atoms with E-state index in [2.05, 4.69) is 69.5 Å². The Morgan fingerprint density at radius 2 is 1.66 bits per heavy atom. The van der Waals surface area contributed by atoms with Gasteiger partial charge in [0, 0.05) is 49.1 Å². The highest BCUT2D eigenvalue weighted by Gasteiger charge is 2.24. The second-order valence-electron chi connectivity index (χ2n) is 9.98. The molecule has 1 aliphatic heterocycles. The molecule has 1 saturated heterocycles. The first kappa shape index (κ1) is 25.9. The van der Waals surface area contributed by atoms with E-state index in [0.717, 1.165) is 48.2 Å². The highest BCUT2D eigenvalue weighted by Crippen LogP contribution is 2.38. The van der Waals surface area contributed by atoms with Crippen LogP contribution in [0.5, 0.6) is 11.5 Å². The number of aromatic nitrogens is 1. The Labute approximate surface area is 225 Å². The molecule has 1 N–H and O–H groups in total. The summed E-state index contributed by atoms with van der Waals surface area (Å²) in [6.45, 7) is 4.61. The zero-order valence-electron chi connectivity index (χ0n) is 22.4. The molecule has 1 amide bonds. The van der Waals surface area contributed by atoms with E-state index < -0.39 is 0 Å². The fourth-order valence-corrected chi connectivity index (χ4v) is 5.56. The summed E-state index contributed by atoms with van der Waals surface area (Å²) in [4.78, 5) is 15.7. The maximum Gasteiger partial charge on any atom is 0.220 e. The molecule has 1 aromatic heterocycles. The molecule has 6 nitrogen and oxygen atoms in total. The zero-order chi connectivity index (χ0) is 26.3. The number of benzene rings is 3. The Morgan fingerprint density at radius 3 is 2.42 bits per heavy atom. The number of ether oxygens (including phenoxy) is 2. The van der Waals surface area contributed by atoms with Crippen LogP contribution < -0.4 is 14.8 Å². The summed E-state index contributed by atoms with van der Waals surface area (Å²) >= 11 is 0. The third-order valence-corrected chi connectivity index (χ3v) is 7.54. The Bertz CT molecular complexity index is 1360. The van der Waals surface area contributed by atoms with Crippen molar-refractivity contribution in [1.82, 2.24) is 14.8 Å². The lowest BCUT2D eigenvalue weighted by atomic mass is 9.87. The van der Waals surface area contributed by atoms with Crippen LogP contribution in [-0.4, -0.2) is 55.8 Å². The van der Waals surface area contributed by atoms with Gasteiger partial charge in [-0.3, -0.25) is 4.79 Å². The first-order valence-electron chi connectivity index (χ1n) is 13.5. The number of likely N-dealkylation sites (tertiary alicyclic amines) is 1. The average molecular weight is 512 g/mol. The quantitative estimate of drug-likeness (QED) is 0.291. The molecule has 1 fully saturated rings. The van der Waals surface area contributed by atoms with Crippen LogP contribution in [0.1, 0.15) is 41.9 Å². The summed E-state index contributed by atoms with van der Waals surface area (Å²) in [6, 6.07) is 24.9. The molecule has 0 spiro atoms. The van der Waals surface area contributed by atoms with Crippen molar-refractivity contribution >= 4 is 16.8 Å². The molecule has 38 heavy (non-hydrogen) atoms. The number of methoxy groups -OCH3 is 2. The van der Waals surface area contributed by atoms with E-state index in [4.69, 9.17) is 9.47 Å². The Hall–Kier alpha value is -3.77. The summed E-state index contributed by atoms with van der Waals surface area (Å²) in [5, 5.41) is 4.34. The lowest BCUT2D eigenvalue weighted by Gasteiger charge is -2.20. The van der Waals surface area contributed by atoms with E-state index in [0.29, 0.717) is 24.5 Å².